The van der Waals surface area contributed by atoms with Gasteiger partial charge < -0.3 is 14.1 Å². The van der Waals surface area contributed by atoms with E-state index in [9.17, 15) is 9.59 Å². The molecule has 2 heterocycles. The number of fused-ring (bicyclic) bond motifs is 1. The molecular formula is C19H23NO4. The highest BCUT2D eigenvalue weighted by Gasteiger charge is 2.28. The first-order chi connectivity index (χ1) is 11.5. The molecule has 1 aromatic carbocycles. The Hall–Kier alpha value is -2.30. The summed E-state index contributed by atoms with van der Waals surface area (Å²) in [5.41, 5.74) is -0.121. The number of carbonyl (C=O) groups is 1. The quantitative estimate of drug-likeness (QED) is 0.811. The summed E-state index contributed by atoms with van der Waals surface area (Å²) in [4.78, 5) is 26.9. The molecule has 0 N–H and O–H groups in total. The lowest BCUT2D eigenvalue weighted by molar-refractivity contribution is 0.0619. The number of benzene rings is 1. The highest BCUT2D eigenvalue weighted by molar-refractivity contribution is 5.97. The fourth-order valence-electron chi connectivity index (χ4n) is 3.54. The average molecular weight is 329 g/mol. The maximum Gasteiger partial charge on any atom is 0.349 e. The number of ether oxygens (including phenoxy) is 1. The Morgan fingerprint density at radius 1 is 1.29 bits per heavy atom. The number of nitrogens with zero attached hydrogens (tertiary/aromatic N) is 1. The van der Waals surface area contributed by atoms with Crippen LogP contribution in [0.2, 0.25) is 0 Å². The van der Waals surface area contributed by atoms with E-state index in [0.717, 1.165) is 6.42 Å². The first kappa shape index (κ1) is 16.6. The normalized spacial score (nSPS) is 21.0. The van der Waals surface area contributed by atoms with Crippen LogP contribution in [0.3, 0.4) is 0 Å². The van der Waals surface area contributed by atoms with Gasteiger partial charge in [0.2, 0.25) is 0 Å². The van der Waals surface area contributed by atoms with E-state index in [4.69, 9.17) is 9.15 Å². The minimum absolute atomic E-state index is 0.0949. The van der Waals surface area contributed by atoms with Gasteiger partial charge in [-0.2, -0.15) is 0 Å². The van der Waals surface area contributed by atoms with Crippen molar-refractivity contribution in [2.45, 2.75) is 27.2 Å². The van der Waals surface area contributed by atoms with Crippen LogP contribution in [0.1, 0.15) is 37.6 Å². The van der Waals surface area contributed by atoms with E-state index in [1.165, 1.54) is 0 Å². The van der Waals surface area contributed by atoms with Crippen LogP contribution >= 0.6 is 0 Å². The first-order valence-electron chi connectivity index (χ1n) is 8.48. The molecule has 2 aromatic rings. The van der Waals surface area contributed by atoms with Gasteiger partial charge in [0.1, 0.15) is 5.56 Å². The molecule has 5 heteroatoms. The van der Waals surface area contributed by atoms with E-state index in [0.29, 0.717) is 48.3 Å². The molecule has 0 unspecified atom stereocenters. The lowest BCUT2D eigenvalue weighted by atomic mass is 9.91. The number of para-hydroxylation sites is 1. The first-order valence-corrected chi connectivity index (χ1v) is 8.48. The fourth-order valence-corrected chi connectivity index (χ4v) is 3.54. The molecule has 3 rings (SSSR count). The van der Waals surface area contributed by atoms with Gasteiger partial charge in [-0.3, -0.25) is 4.79 Å². The zero-order valence-corrected chi connectivity index (χ0v) is 14.4. The van der Waals surface area contributed by atoms with E-state index in [2.05, 4.69) is 13.8 Å². The lowest BCUT2D eigenvalue weighted by Gasteiger charge is -2.34. The molecule has 1 aromatic heterocycles. The van der Waals surface area contributed by atoms with Crippen molar-refractivity contribution in [3.63, 3.8) is 0 Å². The second-order valence-corrected chi connectivity index (χ2v) is 6.71. The Labute approximate surface area is 141 Å². The van der Waals surface area contributed by atoms with Gasteiger partial charge in [0.25, 0.3) is 5.91 Å². The van der Waals surface area contributed by atoms with Gasteiger partial charge in [-0.25, -0.2) is 4.79 Å². The largest absolute Gasteiger partial charge is 0.490 e. The van der Waals surface area contributed by atoms with E-state index in [1.54, 1.807) is 17.0 Å². The minimum atomic E-state index is -0.606. The van der Waals surface area contributed by atoms with Gasteiger partial charge in [0, 0.05) is 18.5 Å². The topological polar surface area (TPSA) is 59.8 Å². The third-order valence-corrected chi connectivity index (χ3v) is 4.41. The van der Waals surface area contributed by atoms with Crippen molar-refractivity contribution in [2.75, 3.05) is 19.7 Å². The predicted molar refractivity (Wildman–Crippen MR) is 92.5 cm³/mol. The molecule has 0 saturated carbocycles. The number of amides is 1. The van der Waals surface area contributed by atoms with E-state index >= 15 is 0 Å². The van der Waals surface area contributed by atoms with E-state index in [-0.39, 0.29) is 11.5 Å². The van der Waals surface area contributed by atoms with E-state index in [1.807, 2.05) is 19.1 Å². The summed E-state index contributed by atoms with van der Waals surface area (Å²) in [5.74, 6) is 1.15. The molecule has 1 fully saturated rings. The van der Waals surface area contributed by atoms with Crippen LogP contribution < -0.4 is 10.4 Å². The van der Waals surface area contributed by atoms with Crippen molar-refractivity contribution in [1.29, 1.82) is 0 Å². The zero-order chi connectivity index (χ0) is 17.3. The van der Waals surface area contributed by atoms with Gasteiger partial charge in [-0.1, -0.05) is 26.0 Å². The van der Waals surface area contributed by atoms with Crippen LogP contribution in [0.5, 0.6) is 5.75 Å². The standard InChI is InChI=1S/C19H23NO4/c1-4-23-16-7-5-6-14-9-15(19(22)24-17(14)16)18(21)20-10-12(2)8-13(3)11-20/h5-7,9,12-13H,4,8,10-11H2,1-3H3/t12-,13-/m1/s1. The number of piperidine rings is 1. The molecule has 2 atom stereocenters. The zero-order valence-electron chi connectivity index (χ0n) is 14.4. The molecule has 128 valence electrons. The summed E-state index contributed by atoms with van der Waals surface area (Å²) in [6.07, 6.45) is 1.10. The summed E-state index contributed by atoms with van der Waals surface area (Å²) in [5, 5.41) is 0.696. The minimum Gasteiger partial charge on any atom is -0.490 e. The number of hydrogen-bond acceptors (Lipinski definition) is 4. The molecule has 0 radical (unpaired) electrons. The van der Waals surface area contributed by atoms with Crippen molar-refractivity contribution in [1.82, 2.24) is 4.90 Å². The van der Waals surface area contributed by atoms with Crippen LogP contribution in [0.4, 0.5) is 0 Å². The maximum absolute atomic E-state index is 12.8. The van der Waals surface area contributed by atoms with Crippen molar-refractivity contribution >= 4 is 16.9 Å². The lowest BCUT2D eigenvalue weighted by Crippen LogP contribution is -2.43. The SMILES string of the molecule is CCOc1cccc2cc(C(=O)N3C[C@H](C)C[C@@H](C)C3)c(=O)oc12. The Balaban J connectivity index is 1.99. The number of rotatable bonds is 3. The van der Waals surface area contributed by atoms with Crippen molar-refractivity contribution in [2.24, 2.45) is 11.8 Å². The Kier molecular flexibility index (Phi) is 4.60. The summed E-state index contributed by atoms with van der Waals surface area (Å²) < 4.78 is 10.9. The maximum atomic E-state index is 12.8. The Bertz CT molecular complexity index is 801. The highest BCUT2D eigenvalue weighted by Crippen LogP contribution is 2.26. The third-order valence-electron chi connectivity index (χ3n) is 4.41. The van der Waals surface area contributed by atoms with Crippen molar-refractivity contribution in [3.05, 3.63) is 40.2 Å². The molecule has 24 heavy (non-hydrogen) atoms. The number of hydrogen-bond donors (Lipinski definition) is 0. The van der Waals surface area contributed by atoms with Gasteiger partial charge in [0.05, 0.1) is 6.61 Å². The second kappa shape index (κ2) is 6.67. The summed E-state index contributed by atoms with van der Waals surface area (Å²) in [7, 11) is 0. The Morgan fingerprint density at radius 2 is 2.00 bits per heavy atom. The van der Waals surface area contributed by atoms with Crippen LogP contribution in [0, 0.1) is 11.8 Å². The van der Waals surface area contributed by atoms with Gasteiger partial charge in [0.15, 0.2) is 11.3 Å². The summed E-state index contributed by atoms with van der Waals surface area (Å²) in [6.45, 7) is 7.97. The molecule has 0 aliphatic carbocycles. The average Bonchev–Trinajstić information content (AvgIpc) is 2.53. The van der Waals surface area contributed by atoms with Gasteiger partial charge >= 0.3 is 5.63 Å². The van der Waals surface area contributed by atoms with Gasteiger partial charge in [-0.15, -0.1) is 0 Å². The van der Waals surface area contributed by atoms with Crippen LogP contribution in [0.15, 0.2) is 33.5 Å². The highest BCUT2D eigenvalue weighted by atomic mass is 16.5. The van der Waals surface area contributed by atoms with Crippen LogP contribution in [-0.2, 0) is 0 Å². The van der Waals surface area contributed by atoms with Crippen molar-refractivity contribution in [3.8, 4) is 5.75 Å². The molecule has 0 spiro atoms. The molecule has 1 saturated heterocycles. The summed E-state index contributed by atoms with van der Waals surface area (Å²) in [6, 6.07) is 7.02. The van der Waals surface area contributed by atoms with Crippen molar-refractivity contribution < 1.29 is 13.9 Å². The molecule has 1 amide bonds. The second-order valence-electron chi connectivity index (χ2n) is 6.71. The smallest absolute Gasteiger partial charge is 0.349 e. The molecule has 0 bridgehead atoms. The van der Waals surface area contributed by atoms with Gasteiger partial charge in [-0.05, 0) is 37.3 Å². The molecular weight excluding hydrogens is 306 g/mol. The predicted octanol–water partition coefficient (Wildman–Crippen LogP) is 3.31. The summed E-state index contributed by atoms with van der Waals surface area (Å²) >= 11 is 0. The fraction of sp³-hybridized carbons (Fsp3) is 0.474. The number of carbonyl (C=O) groups excluding carboxylic acids is 1. The Morgan fingerprint density at radius 3 is 2.67 bits per heavy atom. The van der Waals surface area contributed by atoms with Crippen LogP contribution in [0.25, 0.3) is 11.0 Å². The monoisotopic (exact) mass is 329 g/mol. The number of likely N-dealkylation sites (tertiary alicyclic amines) is 1. The van der Waals surface area contributed by atoms with E-state index < -0.39 is 5.63 Å². The van der Waals surface area contributed by atoms with Crippen LogP contribution in [-0.4, -0.2) is 30.5 Å². The molecule has 1 aliphatic heterocycles. The molecule has 5 nitrogen and oxygen atoms in total. The third kappa shape index (κ3) is 3.16. The molecule has 1 aliphatic rings.